The van der Waals surface area contributed by atoms with Gasteiger partial charge in [0, 0.05) is 44.0 Å². The van der Waals surface area contributed by atoms with Crippen LogP contribution in [0.5, 0.6) is 0 Å². The van der Waals surface area contributed by atoms with E-state index in [2.05, 4.69) is 15.3 Å². The van der Waals surface area contributed by atoms with E-state index in [0.29, 0.717) is 32.1 Å². The van der Waals surface area contributed by atoms with Crippen LogP contribution in [0.3, 0.4) is 0 Å². The molecular weight excluding hydrogens is 369 g/mol. The average Bonchev–Trinajstić information content (AvgIpc) is 2.61. The second-order valence-electron chi connectivity index (χ2n) is 6.84. The molecule has 0 bridgehead atoms. The largest absolute Gasteiger partial charge is 0.368 e. The molecule has 3 rings (SSSR count). The fraction of sp³-hybridized carbons (Fsp3) is 0.444. The van der Waals surface area contributed by atoms with Crippen molar-refractivity contribution in [1.82, 2.24) is 14.3 Å². The molecule has 1 aromatic carbocycles. The third-order valence-electron chi connectivity index (χ3n) is 4.25. The van der Waals surface area contributed by atoms with Gasteiger partial charge >= 0.3 is 0 Å². The number of nitrogens with one attached hydrogen (secondary N) is 1. The van der Waals surface area contributed by atoms with Crippen LogP contribution in [0.15, 0.2) is 35.2 Å². The predicted molar refractivity (Wildman–Crippen MR) is 103 cm³/mol. The Balaban J connectivity index is 1.72. The van der Waals surface area contributed by atoms with Crippen molar-refractivity contribution in [3.63, 3.8) is 0 Å². The molecule has 1 fully saturated rings. The van der Waals surface area contributed by atoms with Crippen molar-refractivity contribution in [2.75, 3.05) is 36.4 Å². The lowest BCUT2D eigenvalue weighted by Gasteiger charge is -2.34. The summed E-state index contributed by atoms with van der Waals surface area (Å²) in [6.07, 6.45) is 0. The monoisotopic (exact) mass is 393 g/mol. The Kier molecular flexibility index (Phi) is 5.61. The predicted octanol–water partition coefficient (Wildman–Crippen LogP) is 2.26. The Morgan fingerprint density at radius 2 is 1.70 bits per heavy atom. The van der Waals surface area contributed by atoms with E-state index in [4.69, 9.17) is 0 Å². The van der Waals surface area contributed by atoms with Gasteiger partial charge in [-0.15, -0.1) is 0 Å². The molecule has 0 aliphatic carbocycles. The van der Waals surface area contributed by atoms with Gasteiger partial charge in [0.25, 0.3) is 0 Å². The molecule has 1 aromatic heterocycles. The van der Waals surface area contributed by atoms with Gasteiger partial charge in [0.1, 0.15) is 11.6 Å². The number of nitrogens with zero attached hydrogens (tertiary/aromatic N) is 4. The summed E-state index contributed by atoms with van der Waals surface area (Å²) < 4.78 is 39.9. The first-order valence-electron chi connectivity index (χ1n) is 8.88. The molecule has 0 radical (unpaired) electrons. The summed E-state index contributed by atoms with van der Waals surface area (Å²) in [4.78, 5) is 11.1. The number of aryl methyl sites for hydroxylation is 1. The van der Waals surface area contributed by atoms with Gasteiger partial charge in [0.2, 0.25) is 16.0 Å². The number of hydrogen-bond donors (Lipinski definition) is 1. The highest BCUT2D eigenvalue weighted by Gasteiger charge is 2.29. The maximum Gasteiger partial charge on any atom is 0.243 e. The number of hydrogen-bond acceptors (Lipinski definition) is 6. The highest BCUT2D eigenvalue weighted by atomic mass is 32.2. The second kappa shape index (κ2) is 7.77. The molecule has 0 amide bonds. The molecule has 0 saturated carbocycles. The average molecular weight is 393 g/mol. The van der Waals surface area contributed by atoms with Crippen LogP contribution in [-0.4, -0.2) is 54.9 Å². The minimum absolute atomic E-state index is 0.104. The Hall–Kier alpha value is -2.26. The SMILES string of the molecule is Cc1cc(NC(C)C)nc(N2CCN(S(=O)(=O)c3ccc(F)cc3)CC2)n1. The Morgan fingerprint density at radius 3 is 2.30 bits per heavy atom. The van der Waals surface area contributed by atoms with E-state index in [-0.39, 0.29) is 10.9 Å². The van der Waals surface area contributed by atoms with Crippen molar-refractivity contribution in [1.29, 1.82) is 0 Å². The summed E-state index contributed by atoms with van der Waals surface area (Å²) in [6, 6.07) is 7.05. The van der Waals surface area contributed by atoms with Crippen molar-refractivity contribution in [3.8, 4) is 0 Å². The summed E-state index contributed by atoms with van der Waals surface area (Å²) in [5.41, 5.74) is 0.851. The van der Waals surface area contributed by atoms with Crippen LogP contribution in [0, 0.1) is 12.7 Å². The van der Waals surface area contributed by atoms with Gasteiger partial charge in [-0.2, -0.15) is 9.29 Å². The van der Waals surface area contributed by atoms with E-state index >= 15 is 0 Å². The summed E-state index contributed by atoms with van der Waals surface area (Å²) in [5, 5.41) is 3.27. The number of sulfonamides is 1. The highest BCUT2D eigenvalue weighted by molar-refractivity contribution is 7.89. The maximum atomic E-state index is 13.1. The number of rotatable bonds is 5. The standard InChI is InChI=1S/C18H24FN5O2S/c1-13(2)20-17-12-14(3)21-18(22-17)23-8-10-24(11-9-23)27(25,26)16-6-4-15(19)5-7-16/h4-7,12-13H,8-11H2,1-3H3,(H,20,21,22). The third-order valence-corrected chi connectivity index (χ3v) is 6.16. The first-order valence-corrected chi connectivity index (χ1v) is 10.3. The first-order chi connectivity index (χ1) is 12.8. The minimum atomic E-state index is -3.63. The molecule has 1 N–H and O–H groups in total. The topological polar surface area (TPSA) is 78.4 Å². The van der Waals surface area contributed by atoms with Crippen molar-refractivity contribution >= 4 is 21.8 Å². The van der Waals surface area contributed by atoms with Crippen molar-refractivity contribution in [2.24, 2.45) is 0 Å². The third kappa shape index (κ3) is 4.54. The van der Waals surface area contributed by atoms with Gasteiger partial charge in [-0.3, -0.25) is 0 Å². The molecule has 7 nitrogen and oxygen atoms in total. The lowest BCUT2D eigenvalue weighted by molar-refractivity contribution is 0.382. The molecule has 0 atom stereocenters. The van der Waals surface area contributed by atoms with Crippen LogP contribution in [0.4, 0.5) is 16.2 Å². The molecule has 1 saturated heterocycles. The lowest BCUT2D eigenvalue weighted by Crippen LogP contribution is -2.49. The van der Waals surface area contributed by atoms with Gasteiger partial charge < -0.3 is 10.2 Å². The molecule has 1 aliphatic rings. The van der Waals surface area contributed by atoms with Crippen LogP contribution in [0.2, 0.25) is 0 Å². The molecule has 146 valence electrons. The summed E-state index contributed by atoms with van der Waals surface area (Å²) in [5.74, 6) is 0.895. The number of piperazine rings is 1. The molecule has 2 aromatic rings. The zero-order valence-electron chi connectivity index (χ0n) is 15.7. The van der Waals surface area contributed by atoms with Gasteiger partial charge in [-0.25, -0.2) is 17.8 Å². The van der Waals surface area contributed by atoms with Gasteiger partial charge in [-0.1, -0.05) is 0 Å². The Morgan fingerprint density at radius 1 is 1.07 bits per heavy atom. The number of halogens is 1. The molecule has 1 aliphatic heterocycles. The highest BCUT2D eigenvalue weighted by Crippen LogP contribution is 2.21. The van der Waals surface area contributed by atoms with E-state index in [1.807, 2.05) is 31.7 Å². The van der Waals surface area contributed by atoms with Crippen LogP contribution in [-0.2, 0) is 10.0 Å². The van der Waals surface area contributed by atoms with Crippen LogP contribution < -0.4 is 10.2 Å². The van der Waals surface area contributed by atoms with E-state index in [9.17, 15) is 12.8 Å². The van der Waals surface area contributed by atoms with Crippen molar-refractivity contribution in [2.45, 2.75) is 31.7 Å². The minimum Gasteiger partial charge on any atom is -0.368 e. The zero-order chi connectivity index (χ0) is 19.6. The normalized spacial score (nSPS) is 16.0. The fourth-order valence-corrected chi connectivity index (χ4v) is 4.37. The molecule has 9 heteroatoms. The van der Waals surface area contributed by atoms with Crippen LogP contribution in [0.1, 0.15) is 19.5 Å². The number of aromatic nitrogens is 2. The van der Waals surface area contributed by atoms with Gasteiger partial charge in [-0.05, 0) is 45.0 Å². The Labute approximate surface area is 159 Å². The van der Waals surface area contributed by atoms with E-state index < -0.39 is 15.8 Å². The quantitative estimate of drug-likeness (QED) is 0.840. The molecule has 0 unspecified atom stereocenters. The fourth-order valence-electron chi connectivity index (χ4n) is 2.95. The maximum absolute atomic E-state index is 13.1. The molecule has 0 spiro atoms. The Bertz CT molecular complexity index is 894. The molecule has 2 heterocycles. The summed E-state index contributed by atoms with van der Waals surface area (Å²) in [7, 11) is -3.63. The van der Waals surface area contributed by atoms with Gasteiger partial charge in [0.05, 0.1) is 4.90 Å². The van der Waals surface area contributed by atoms with Crippen LogP contribution in [0.25, 0.3) is 0 Å². The number of benzene rings is 1. The van der Waals surface area contributed by atoms with E-state index in [1.54, 1.807) is 0 Å². The lowest BCUT2D eigenvalue weighted by atomic mass is 10.3. The second-order valence-corrected chi connectivity index (χ2v) is 8.78. The van der Waals surface area contributed by atoms with Gasteiger partial charge in [0.15, 0.2) is 0 Å². The summed E-state index contributed by atoms with van der Waals surface area (Å²) >= 11 is 0. The summed E-state index contributed by atoms with van der Waals surface area (Å²) in [6.45, 7) is 7.61. The first kappa shape index (κ1) is 19.5. The molecular formula is C18H24FN5O2S. The van der Waals surface area contributed by atoms with E-state index in [0.717, 1.165) is 23.6 Å². The van der Waals surface area contributed by atoms with Crippen molar-refractivity contribution in [3.05, 3.63) is 41.8 Å². The van der Waals surface area contributed by atoms with Crippen LogP contribution >= 0.6 is 0 Å². The molecule has 27 heavy (non-hydrogen) atoms. The smallest absolute Gasteiger partial charge is 0.243 e. The van der Waals surface area contributed by atoms with E-state index in [1.165, 1.54) is 16.4 Å². The number of anilines is 2. The van der Waals surface area contributed by atoms with Crippen molar-refractivity contribution < 1.29 is 12.8 Å². The zero-order valence-corrected chi connectivity index (χ0v) is 16.5.